The smallest absolute Gasteiger partial charge is 0.230 e. The lowest BCUT2D eigenvalue weighted by Crippen LogP contribution is -2.44. The first-order chi connectivity index (χ1) is 12.9. The van der Waals surface area contributed by atoms with E-state index in [-0.39, 0.29) is 11.8 Å². The van der Waals surface area contributed by atoms with E-state index in [0.29, 0.717) is 32.5 Å². The van der Waals surface area contributed by atoms with Gasteiger partial charge in [-0.1, -0.05) is 6.07 Å². The van der Waals surface area contributed by atoms with Gasteiger partial charge in [-0.15, -0.1) is 11.3 Å². The Morgan fingerprint density at radius 2 is 1.89 bits per heavy atom. The number of benzene rings is 1. The van der Waals surface area contributed by atoms with E-state index in [2.05, 4.69) is 0 Å². The summed E-state index contributed by atoms with van der Waals surface area (Å²) in [6.07, 6.45) is 2.31. The van der Waals surface area contributed by atoms with E-state index in [9.17, 15) is 13.2 Å². The van der Waals surface area contributed by atoms with Gasteiger partial charge in [0, 0.05) is 29.6 Å². The molecule has 1 fully saturated rings. The normalized spacial score (nSPS) is 16.2. The Kier molecular flexibility index (Phi) is 6.18. The van der Waals surface area contributed by atoms with Crippen LogP contribution in [-0.2, 0) is 21.4 Å². The third kappa shape index (κ3) is 4.88. The van der Waals surface area contributed by atoms with Gasteiger partial charge >= 0.3 is 0 Å². The van der Waals surface area contributed by atoms with Crippen molar-refractivity contribution in [1.29, 1.82) is 0 Å². The zero-order valence-corrected chi connectivity index (χ0v) is 17.1. The van der Waals surface area contributed by atoms with Crippen molar-refractivity contribution < 1.29 is 17.9 Å². The fraction of sp³-hybridized carbons (Fsp3) is 0.421. The summed E-state index contributed by atoms with van der Waals surface area (Å²) in [5.41, 5.74) is 0.819. The number of rotatable bonds is 6. The second-order valence-electron chi connectivity index (χ2n) is 6.64. The minimum atomic E-state index is -3.20. The molecule has 0 atom stereocenters. The summed E-state index contributed by atoms with van der Waals surface area (Å²) in [7, 11) is -1.59. The lowest BCUT2D eigenvalue weighted by Gasteiger charge is -2.33. The number of nitrogens with zero attached hydrogens (tertiary/aromatic N) is 2. The zero-order valence-electron chi connectivity index (χ0n) is 15.5. The molecule has 0 N–H and O–H groups in total. The van der Waals surface area contributed by atoms with Crippen LogP contribution in [0.25, 0.3) is 0 Å². The van der Waals surface area contributed by atoms with Crippen LogP contribution in [0.2, 0.25) is 0 Å². The zero-order chi connectivity index (χ0) is 19.4. The highest BCUT2D eigenvalue weighted by Gasteiger charge is 2.32. The summed E-state index contributed by atoms with van der Waals surface area (Å²) in [6.45, 7) is 1.30. The number of sulfonamides is 1. The molecule has 1 aromatic carbocycles. The van der Waals surface area contributed by atoms with E-state index in [1.165, 1.54) is 10.6 Å². The van der Waals surface area contributed by atoms with Crippen molar-refractivity contribution in [2.75, 3.05) is 31.4 Å². The average molecular weight is 409 g/mol. The summed E-state index contributed by atoms with van der Waals surface area (Å²) in [5.74, 6) is 0.607. The third-order valence-corrected chi connectivity index (χ3v) is 6.98. The first-order valence-electron chi connectivity index (χ1n) is 8.81. The van der Waals surface area contributed by atoms with Crippen LogP contribution >= 0.6 is 11.3 Å². The molecule has 0 aliphatic carbocycles. The second kappa shape index (κ2) is 8.41. The highest BCUT2D eigenvalue weighted by molar-refractivity contribution is 7.88. The molecule has 2 aromatic rings. The van der Waals surface area contributed by atoms with E-state index in [0.717, 1.165) is 16.3 Å². The maximum absolute atomic E-state index is 13.3. The Hall–Kier alpha value is -1.90. The summed E-state index contributed by atoms with van der Waals surface area (Å²) < 4.78 is 30.1. The molecule has 1 saturated heterocycles. The molecule has 146 valence electrons. The molecule has 27 heavy (non-hydrogen) atoms. The molecule has 0 radical (unpaired) electrons. The van der Waals surface area contributed by atoms with Crippen LogP contribution in [0.4, 0.5) is 5.69 Å². The van der Waals surface area contributed by atoms with Crippen LogP contribution in [0.15, 0.2) is 41.8 Å². The van der Waals surface area contributed by atoms with Gasteiger partial charge in [-0.05, 0) is 48.6 Å². The van der Waals surface area contributed by atoms with E-state index in [1.807, 2.05) is 41.8 Å². The number of hydrogen-bond donors (Lipinski definition) is 0. The number of carbonyl (C=O) groups is 1. The van der Waals surface area contributed by atoms with Crippen LogP contribution in [0, 0.1) is 5.92 Å². The van der Waals surface area contributed by atoms with Crippen LogP contribution in [-0.4, -0.2) is 45.1 Å². The van der Waals surface area contributed by atoms with Gasteiger partial charge in [-0.3, -0.25) is 4.79 Å². The lowest BCUT2D eigenvalue weighted by atomic mass is 9.96. The van der Waals surface area contributed by atoms with Crippen molar-refractivity contribution in [2.45, 2.75) is 19.4 Å². The van der Waals surface area contributed by atoms with Crippen LogP contribution in [0.5, 0.6) is 5.75 Å². The monoisotopic (exact) mass is 408 g/mol. The topological polar surface area (TPSA) is 66.9 Å². The second-order valence-corrected chi connectivity index (χ2v) is 9.65. The van der Waals surface area contributed by atoms with Crippen molar-refractivity contribution in [2.24, 2.45) is 5.92 Å². The molecule has 1 aliphatic heterocycles. The van der Waals surface area contributed by atoms with E-state index < -0.39 is 10.0 Å². The molecule has 3 rings (SSSR count). The minimum Gasteiger partial charge on any atom is -0.497 e. The molecule has 8 heteroatoms. The molecule has 0 bridgehead atoms. The Bertz CT molecular complexity index is 856. The van der Waals surface area contributed by atoms with Gasteiger partial charge in [0.25, 0.3) is 0 Å². The van der Waals surface area contributed by atoms with Gasteiger partial charge in [0.2, 0.25) is 15.9 Å². The first-order valence-corrected chi connectivity index (χ1v) is 11.5. The van der Waals surface area contributed by atoms with E-state index in [1.54, 1.807) is 23.3 Å². The molecular formula is C19H24N2O4S2. The van der Waals surface area contributed by atoms with Crippen molar-refractivity contribution in [3.05, 3.63) is 46.7 Å². The predicted molar refractivity (Wildman–Crippen MR) is 108 cm³/mol. The number of thiophene rings is 1. The highest BCUT2D eigenvalue weighted by Crippen LogP contribution is 2.28. The number of piperidine rings is 1. The fourth-order valence-corrected chi connectivity index (χ4v) is 4.84. The molecule has 1 amide bonds. The summed E-state index contributed by atoms with van der Waals surface area (Å²) >= 11 is 1.62. The average Bonchev–Trinajstić information content (AvgIpc) is 3.18. The maximum atomic E-state index is 13.3. The van der Waals surface area contributed by atoms with Gasteiger partial charge in [0.05, 0.1) is 19.9 Å². The van der Waals surface area contributed by atoms with Crippen molar-refractivity contribution in [1.82, 2.24) is 4.31 Å². The first kappa shape index (κ1) is 19.9. The van der Waals surface area contributed by atoms with E-state index >= 15 is 0 Å². The van der Waals surface area contributed by atoms with Gasteiger partial charge in [0.15, 0.2) is 0 Å². The molecule has 1 aliphatic rings. The molecule has 0 saturated carbocycles. The number of methoxy groups -OCH3 is 1. The predicted octanol–water partition coefficient (Wildman–Crippen LogP) is 2.96. The van der Waals surface area contributed by atoms with Crippen molar-refractivity contribution in [3.63, 3.8) is 0 Å². The van der Waals surface area contributed by atoms with Gasteiger partial charge in [-0.25, -0.2) is 12.7 Å². The Morgan fingerprint density at radius 3 is 2.41 bits per heavy atom. The summed E-state index contributed by atoms with van der Waals surface area (Å²) in [4.78, 5) is 16.2. The lowest BCUT2D eigenvalue weighted by molar-refractivity contribution is -0.123. The number of anilines is 1. The van der Waals surface area contributed by atoms with Crippen LogP contribution in [0.3, 0.4) is 0 Å². The highest BCUT2D eigenvalue weighted by atomic mass is 32.2. The van der Waals surface area contributed by atoms with Crippen LogP contribution < -0.4 is 9.64 Å². The number of amides is 1. The SMILES string of the molecule is COc1ccc(N(Cc2cccs2)C(=O)C2CCN(S(C)(=O)=O)CC2)cc1. The Labute approximate surface area is 164 Å². The quantitative estimate of drug-likeness (QED) is 0.737. The summed E-state index contributed by atoms with van der Waals surface area (Å²) in [6, 6.07) is 11.4. The molecule has 6 nitrogen and oxygen atoms in total. The minimum absolute atomic E-state index is 0.0433. The Morgan fingerprint density at radius 1 is 1.22 bits per heavy atom. The third-order valence-electron chi connectivity index (χ3n) is 4.82. The maximum Gasteiger partial charge on any atom is 0.230 e. The fourth-order valence-electron chi connectivity index (χ4n) is 3.27. The molecule has 1 aromatic heterocycles. The molecule has 0 unspecified atom stereocenters. The molecular weight excluding hydrogens is 384 g/mol. The largest absolute Gasteiger partial charge is 0.497 e. The number of ether oxygens (including phenoxy) is 1. The number of carbonyl (C=O) groups excluding carboxylic acids is 1. The van der Waals surface area contributed by atoms with Gasteiger partial charge in [0.1, 0.15) is 5.75 Å². The van der Waals surface area contributed by atoms with Crippen molar-refractivity contribution in [3.8, 4) is 5.75 Å². The van der Waals surface area contributed by atoms with Gasteiger partial charge in [-0.2, -0.15) is 0 Å². The van der Waals surface area contributed by atoms with E-state index in [4.69, 9.17) is 4.74 Å². The van der Waals surface area contributed by atoms with Gasteiger partial charge < -0.3 is 9.64 Å². The Balaban J connectivity index is 1.78. The summed E-state index contributed by atoms with van der Waals surface area (Å²) in [5, 5.41) is 2.00. The molecule has 2 heterocycles. The molecule has 0 spiro atoms. The van der Waals surface area contributed by atoms with Crippen LogP contribution in [0.1, 0.15) is 17.7 Å². The van der Waals surface area contributed by atoms with Crippen molar-refractivity contribution >= 4 is 33.0 Å². The standard InChI is InChI=1S/C19H24N2O4S2/c1-25-17-7-5-16(6-8-17)21(14-18-4-3-13-26-18)19(22)15-9-11-20(12-10-15)27(2,23)24/h3-8,13,15H,9-12,14H2,1-2H3. The number of hydrogen-bond acceptors (Lipinski definition) is 5.